The molecule has 0 bridgehead atoms. The smallest absolute Gasteiger partial charge is 0.384 e. The molecule has 0 radical (unpaired) electrons. The Labute approximate surface area is 123 Å². The zero-order valence-electron chi connectivity index (χ0n) is 10.6. The van der Waals surface area contributed by atoms with Crippen LogP contribution in [0.1, 0.15) is 28.4 Å². The third-order valence-electron chi connectivity index (χ3n) is 3.00. The second kappa shape index (κ2) is 5.58. The predicted octanol–water partition coefficient (Wildman–Crippen LogP) is 4.86. The molecule has 0 saturated carbocycles. The Morgan fingerprint density at radius 2 is 1.55 bits per heavy atom. The predicted molar refractivity (Wildman–Crippen MR) is 74.4 cm³/mol. The van der Waals surface area contributed by atoms with Crippen molar-refractivity contribution >= 4 is 15.9 Å². The first-order valence-electron chi connectivity index (χ1n) is 5.90. The van der Waals surface area contributed by atoms with Gasteiger partial charge in [-0.3, -0.25) is 0 Å². The van der Waals surface area contributed by atoms with Crippen molar-refractivity contribution in [3.05, 3.63) is 69.2 Å². The first-order valence-corrected chi connectivity index (χ1v) is 6.69. The highest BCUT2D eigenvalue weighted by Crippen LogP contribution is 2.37. The number of alkyl halides is 3. The van der Waals surface area contributed by atoms with Gasteiger partial charge in [0.25, 0.3) is 0 Å². The lowest BCUT2D eigenvalue weighted by Crippen LogP contribution is -2.08. The highest BCUT2D eigenvalue weighted by molar-refractivity contribution is 9.10. The summed E-state index contributed by atoms with van der Waals surface area (Å²) in [6.07, 6.45) is -5.54. The van der Waals surface area contributed by atoms with Crippen molar-refractivity contribution in [2.45, 2.75) is 19.2 Å². The fourth-order valence-electron chi connectivity index (χ4n) is 1.87. The lowest BCUT2D eigenvalue weighted by Gasteiger charge is -2.15. The SMILES string of the molecule is Cc1ccc(C(O)c2ccc(Br)c(C(F)(F)F)c2)cc1. The molecule has 0 fully saturated rings. The van der Waals surface area contributed by atoms with Gasteiger partial charge in [-0.25, -0.2) is 0 Å². The van der Waals surface area contributed by atoms with Crippen LogP contribution >= 0.6 is 15.9 Å². The molecule has 1 nitrogen and oxygen atoms in total. The minimum atomic E-state index is -4.46. The Hall–Kier alpha value is -1.33. The molecule has 0 aliphatic carbocycles. The highest BCUT2D eigenvalue weighted by atomic mass is 79.9. The van der Waals surface area contributed by atoms with E-state index in [0.29, 0.717) is 5.56 Å². The van der Waals surface area contributed by atoms with E-state index in [1.54, 1.807) is 12.1 Å². The summed E-state index contributed by atoms with van der Waals surface area (Å²) in [6, 6.07) is 10.8. The molecule has 0 amide bonds. The van der Waals surface area contributed by atoms with Crippen molar-refractivity contribution in [1.82, 2.24) is 0 Å². The second-order valence-corrected chi connectivity index (χ2v) is 5.40. The molecule has 0 heterocycles. The van der Waals surface area contributed by atoms with E-state index in [9.17, 15) is 18.3 Å². The van der Waals surface area contributed by atoms with Gasteiger partial charge in [0, 0.05) is 4.47 Å². The molecule has 2 rings (SSSR count). The van der Waals surface area contributed by atoms with Crippen LogP contribution in [0.4, 0.5) is 13.2 Å². The lowest BCUT2D eigenvalue weighted by molar-refractivity contribution is -0.138. The fraction of sp³-hybridized carbons (Fsp3) is 0.200. The Bertz CT molecular complexity index is 606. The molecule has 1 N–H and O–H groups in total. The van der Waals surface area contributed by atoms with Gasteiger partial charge in [0.1, 0.15) is 6.10 Å². The summed E-state index contributed by atoms with van der Waals surface area (Å²) in [5.74, 6) is 0. The first kappa shape index (κ1) is 15.1. The van der Waals surface area contributed by atoms with E-state index >= 15 is 0 Å². The van der Waals surface area contributed by atoms with Crippen molar-refractivity contribution in [2.75, 3.05) is 0 Å². The van der Waals surface area contributed by atoms with E-state index in [4.69, 9.17) is 0 Å². The van der Waals surface area contributed by atoms with Crippen molar-refractivity contribution < 1.29 is 18.3 Å². The Morgan fingerprint density at radius 3 is 2.10 bits per heavy atom. The van der Waals surface area contributed by atoms with Crippen LogP contribution < -0.4 is 0 Å². The monoisotopic (exact) mass is 344 g/mol. The van der Waals surface area contributed by atoms with Crippen LogP contribution in [0.2, 0.25) is 0 Å². The normalized spacial score (nSPS) is 13.3. The van der Waals surface area contributed by atoms with Crippen LogP contribution in [0.25, 0.3) is 0 Å². The minimum absolute atomic E-state index is 0.0372. The first-order chi connectivity index (χ1) is 9.29. The summed E-state index contributed by atoms with van der Waals surface area (Å²) in [6.45, 7) is 1.90. The van der Waals surface area contributed by atoms with Gasteiger partial charge in [0.05, 0.1) is 5.56 Å². The van der Waals surface area contributed by atoms with Crippen molar-refractivity contribution in [3.63, 3.8) is 0 Å². The maximum absolute atomic E-state index is 12.8. The Kier molecular flexibility index (Phi) is 4.20. The largest absolute Gasteiger partial charge is 0.417 e. The van der Waals surface area contributed by atoms with E-state index in [-0.39, 0.29) is 10.0 Å². The number of hydrogen-bond donors (Lipinski definition) is 1. The van der Waals surface area contributed by atoms with Gasteiger partial charge in [-0.2, -0.15) is 13.2 Å². The molecule has 106 valence electrons. The number of rotatable bonds is 2. The summed E-state index contributed by atoms with van der Waals surface area (Å²) < 4.78 is 38.5. The van der Waals surface area contributed by atoms with E-state index in [1.165, 1.54) is 12.1 Å². The maximum Gasteiger partial charge on any atom is 0.417 e. The number of hydrogen-bond acceptors (Lipinski definition) is 1. The quantitative estimate of drug-likeness (QED) is 0.824. The van der Waals surface area contributed by atoms with Gasteiger partial charge in [-0.1, -0.05) is 51.8 Å². The summed E-state index contributed by atoms with van der Waals surface area (Å²) >= 11 is 2.88. The highest BCUT2D eigenvalue weighted by Gasteiger charge is 2.33. The van der Waals surface area contributed by atoms with Gasteiger partial charge in [-0.05, 0) is 30.2 Å². The molecule has 0 spiro atoms. The fourth-order valence-corrected chi connectivity index (χ4v) is 2.34. The molecule has 0 aliphatic heterocycles. The number of aliphatic hydroxyl groups excluding tert-OH is 1. The zero-order valence-corrected chi connectivity index (χ0v) is 12.2. The van der Waals surface area contributed by atoms with Crippen LogP contribution in [0.5, 0.6) is 0 Å². The van der Waals surface area contributed by atoms with Crippen molar-refractivity contribution in [2.24, 2.45) is 0 Å². The van der Waals surface area contributed by atoms with Crippen LogP contribution in [0, 0.1) is 6.92 Å². The number of halogens is 4. The van der Waals surface area contributed by atoms with Crippen LogP contribution in [0.3, 0.4) is 0 Å². The number of aryl methyl sites for hydroxylation is 1. The average Bonchev–Trinajstić information content (AvgIpc) is 2.38. The Morgan fingerprint density at radius 1 is 1.00 bits per heavy atom. The van der Waals surface area contributed by atoms with Gasteiger partial charge < -0.3 is 5.11 Å². The van der Waals surface area contributed by atoms with Gasteiger partial charge in [0.15, 0.2) is 0 Å². The van der Waals surface area contributed by atoms with Gasteiger partial charge in [-0.15, -0.1) is 0 Å². The summed E-state index contributed by atoms with van der Waals surface area (Å²) in [5.41, 5.74) is 1.00. The van der Waals surface area contributed by atoms with Gasteiger partial charge in [0.2, 0.25) is 0 Å². The molecule has 0 aliphatic rings. The molecule has 1 atom stereocenters. The lowest BCUT2D eigenvalue weighted by atomic mass is 9.99. The van der Waals surface area contributed by atoms with E-state index < -0.39 is 17.8 Å². The van der Waals surface area contributed by atoms with E-state index in [2.05, 4.69) is 15.9 Å². The molecule has 5 heteroatoms. The van der Waals surface area contributed by atoms with Crippen LogP contribution in [-0.4, -0.2) is 5.11 Å². The average molecular weight is 345 g/mol. The van der Waals surface area contributed by atoms with E-state index in [0.717, 1.165) is 11.6 Å². The van der Waals surface area contributed by atoms with Crippen LogP contribution in [-0.2, 0) is 6.18 Å². The standard InChI is InChI=1S/C15H12BrF3O/c1-9-2-4-10(5-3-9)14(20)11-6-7-13(16)12(8-11)15(17,18)19/h2-8,14,20H,1H3. The molecule has 1 unspecified atom stereocenters. The third-order valence-corrected chi connectivity index (χ3v) is 3.70. The van der Waals surface area contributed by atoms with Crippen LogP contribution in [0.15, 0.2) is 46.9 Å². The third kappa shape index (κ3) is 3.22. The van der Waals surface area contributed by atoms with Crippen molar-refractivity contribution in [1.29, 1.82) is 0 Å². The Balaban J connectivity index is 2.40. The number of benzene rings is 2. The molecule has 0 saturated heterocycles. The zero-order chi connectivity index (χ0) is 14.9. The maximum atomic E-state index is 12.8. The molecule has 20 heavy (non-hydrogen) atoms. The molecular weight excluding hydrogens is 333 g/mol. The van der Waals surface area contributed by atoms with E-state index in [1.807, 2.05) is 19.1 Å². The summed E-state index contributed by atoms with van der Waals surface area (Å²) in [7, 11) is 0. The summed E-state index contributed by atoms with van der Waals surface area (Å²) in [4.78, 5) is 0. The van der Waals surface area contributed by atoms with Crippen molar-refractivity contribution in [3.8, 4) is 0 Å². The number of aliphatic hydroxyl groups is 1. The minimum Gasteiger partial charge on any atom is -0.384 e. The second-order valence-electron chi connectivity index (χ2n) is 4.55. The van der Waals surface area contributed by atoms with Gasteiger partial charge >= 0.3 is 6.18 Å². The molecule has 2 aromatic carbocycles. The summed E-state index contributed by atoms with van der Waals surface area (Å²) in [5, 5.41) is 10.2. The molecule has 0 aromatic heterocycles. The molecule has 2 aromatic rings. The topological polar surface area (TPSA) is 20.2 Å². The molecular formula is C15H12BrF3O.